The largest absolute Gasteiger partial charge is 0.480 e. The number of nitrogens with zero attached hydrogens (tertiary/aromatic N) is 1. The highest BCUT2D eigenvalue weighted by atomic mass is 16.4. The monoisotopic (exact) mass is 159 g/mol. The maximum atomic E-state index is 10.4. The highest BCUT2D eigenvalue weighted by Gasteiger charge is 2.21. The van der Waals surface area contributed by atoms with Gasteiger partial charge in [0.1, 0.15) is 0 Å². The molecule has 0 radical (unpaired) electrons. The van der Waals surface area contributed by atoms with Gasteiger partial charge in [-0.2, -0.15) is 0 Å². The number of carboxylic acid groups (broad SMARTS) is 1. The first-order valence-corrected chi connectivity index (χ1v) is 3.37. The molecule has 0 amide bonds. The van der Waals surface area contributed by atoms with Crippen molar-refractivity contribution in [2.24, 2.45) is 4.99 Å². The van der Waals surface area contributed by atoms with Crippen LogP contribution in [0, 0.1) is 0 Å². The van der Waals surface area contributed by atoms with Crippen molar-refractivity contribution in [3.8, 4) is 0 Å². The van der Waals surface area contributed by atoms with E-state index in [4.69, 9.17) is 10.2 Å². The zero-order valence-electron chi connectivity index (χ0n) is 6.90. The molecular formula is C7H13NO3. The van der Waals surface area contributed by atoms with Crippen LogP contribution in [0.2, 0.25) is 0 Å². The molecule has 0 fully saturated rings. The molecule has 0 aromatic carbocycles. The van der Waals surface area contributed by atoms with Gasteiger partial charge in [-0.1, -0.05) is 0 Å². The summed E-state index contributed by atoms with van der Waals surface area (Å²) < 4.78 is 0. The summed E-state index contributed by atoms with van der Waals surface area (Å²) in [4.78, 5) is 14.2. The lowest BCUT2D eigenvalue weighted by molar-refractivity contribution is -0.140. The summed E-state index contributed by atoms with van der Waals surface area (Å²) in [5.74, 6) is -1.10. The van der Waals surface area contributed by atoms with Crippen molar-refractivity contribution in [1.29, 1.82) is 0 Å². The molecule has 64 valence electrons. The minimum absolute atomic E-state index is 0.651. The number of hydrogen-bond acceptors (Lipinski definition) is 3. The Hall–Kier alpha value is -0.900. The molecule has 2 atom stereocenters. The Kier molecular flexibility index (Phi) is 3.74. The third kappa shape index (κ3) is 3.72. The molecule has 0 heterocycles. The summed E-state index contributed by atoms with van der Waals surface area (Å²) in [6.45, 7) is 4.79. The van der Waals surface area contributed by atoms with Gasteiger partial charge in [0.15, 0.2) is 6.04 Å². The first-order valence-electron chi connectivity index (χ1n) is 3.37. The maximum Gasteiger partial charge on any atom is 0.331 e. The van der Waals surface area contributed by atoms with Crippen molar-refractivity contribution in [3.63, 3.8) is 0 Å². The molecular weight excluding hydrogens is 146 g/mol. The third-order valence-electron chi connectivity index (χ3n) is 1.11. The Labute approximate surface area is 65.6 Å². The van der Waals surface area contributed by atoms with Crippen LogP contribution in [0.15, 0.2) is 4.99 Å². The lowest BCUT2D eigenvalue weighted by Crippen LogP contribution is -2.30. The molecule has 0 spiro atoms. The first kappa shape index (κ1) is 10.1. The van der Waals surface area contributed by atoms with Crippen molar-refractivity contribution in [3.05, 3.63) is 0 Å². The fourth-order valence-corrected chi connectivity index (χ4v) is 0.648. The van der Waals surface area contributed by atoms with E-state index >= 15 is 0 Å². The highest BCUT2D eigenvalue weighted by molar-refractivity contribution is 5.83. The minimum Gasteiger partial charge on any atom is -0.480 e. The molecule has 4 heteroatoms. The topological polar surface area (TPSA) is 69.9 Å². The first-order chi connectivity index (χ1) is 4.95. The summed E-state index contributed by atoms with van der Waals surface area (Å²) in [5, 5.41) is 17.5. The lowest BCUT2D eigenvalue weighted by Gasteiger charge is -2.10. The number of carbonyl (C=O) groups is 1. The van der Waals surface area contributed by atoms with Gasteiger partial charge in [-0.25, -0.2) is 4.79 Å². The van der Waals surface area contributed by atoms with Crippen LogP contribution in [0.1, 0.15) is 20.8 Å². The molecule has 0 rings (SSSR count). The molecule has 4 nitrogen and oxygen atoms in total. The fraction of sp³-hybridized carbons (Fsp3) is 0.714. The summed E-state index contributed by atoms with van der Waals surface area (Å²) in [6, 6.07) is -1.03. The van der Waals surface area contributed by atoms with Crippen molar-refractivity contribution in [2.45, 2.75) is 32.9 Å². The van der Waals surface area contributed by atoms with Crippen LogP contribution in [-0.2, 0) is 4.79 Å². The molecule has 11 heavy (non-hydrogen) atoms. The van der Waals surface area contributed by atoms with Gasteiger partial charge in [0, 0.05) is 5.71 Å². The van der Waals surface area contributed by atoms with Gasteiger partial charge in [-0.15, -0.1) is 0 Å². The van der Waals surface area contributed by atoms with Gasteiger partial charge in [0.25, 0.3) is 0 Å². The molecule has 0 aromatic rings. The quantitative estimate of drug-likeness (QED) is 0.582. The number of aliphatic hydroxyl groups is 1. The smallest absolute Gasteiger partial charge is 0.331 e. The van der Waals surface area contributed by atoms with Gasteiger partial charge in [-0.05, 0) is 20.8 Å². The van der Waals surface area contributed by atoms with E-state index in [0.29, 0.717) is 5.71 Å². The SMILES string of the molecule is CC(C)=NC(C(=O)O)C(C)O. The second-order valence-electron chi connectivity index (χ2n) is 2.60. The van der Waals surface area contributed by atoms with E-state index in [1.807, 2.05) is 0 Å². The lowest BCUT2D eigenvalue weighted by atomic mass is 10.2. The Balaban J connectivity index is 4.36. The number of hydrogen-bond donors (Lipinski definition) is 2. The Morgan fingerprint density at radius 3 is 2.00 bits per heavy atom. The second kappa shape index (κ2) is 4.08. The van der Waals surface area contributed by atoms with E-state index in [-0.39, 0.29) is 0 Å². The molecule has 2 N–H and O–H groups in total. The molecule has 0 saturated heterocycles. The number of rotatable bonds is 3. The molecule has 0 aliphatic rings. The van der Waals surface area contributed by atoms with Crippen molar-refractivity contribution in [2.75, 3.05) is 0 Å². The van der Waals surface area contributed by atoms with E-state index in [1.54, 1.807) is 13.8 Å². The van der Waals surface area contributed by atoms with Crippen molar-refractivity contribution in [1.82, 2.24) is 0 Å². The Morgan fingerprint density at radius 1 is 1.45 bits per heavy atom. The van der Waals surface area contributed by atoms with Gasteiger partial charge >= 0.3 is 5.97 Å². The van der Waals surface area contributed by atoms with Crippen LogP contribution >= 0.6 is 0 Å². The van der Waals surface area contributed by atoms with Crippen LogP contribution in [-0.4, -0.2) is 34.0 Å². The van der Waals surface area contributed by atoms with Crippen molar-refractivity contribution >= 4 is 11.7 Å². The van der Waals surface area contributed by atoms with E-state index in [2.05, 4.69) is 4.99 Å². The van der Waals surface area contributed by atoms with Crippen LogP contribution in [0.3, 0.4) is 0 Å². The molecule has 0 aliphatic carbocycles. The summed E-state index contributed by atoms with van der Waals surface area (Å²) in [6.07, 6.45) is -0.942. The zero-order valence-corrected chi connectivity index (χ0v) is 6.90. The normalized spacial score (nSPS) is 15.3. The third-order valence-corrected chi connectivity index (χ3v) is 1.11. The molecule has 0 bridgehead atoms. The predicted octanol–water partition coefficient (Wildman–Crippen LogP) is 0.301. The number of aliphatic carboxylic acids is 1. The summed E-state index contributed by atoms with van der Waals surface area (Å²) in [7, 11) is 0. The average Bonchev–Trinajstić information content (AvgIpc) is 1.81. The van der Waals surface area contributed by atoms with E-state index in [9.17, 15) is 4.79 Å². The molecule has 0 aliphatic heterocycles. The Bertz CT molecular complexity index is 171. The van der Waals surface area contributed by atoms with Crippen LogP contribution in [0.25, 0.3) is 0 Å². The summed E-state index contributed by atoms with van der Waals surface area (Å²) in [5.41, 5.74) is 0.651. The van der Waals surface area contributed by atoms with E-state index in [1.165, 1.54) is 6.92 Å². The van der Waals surface area contributed by atoms with Crippen LogP contribution < -0.4 is 0 Å². The van der Waals surface area contributed by atoms with Gasteiger partial charge in [-0.3, -0.25) is 4.99 Å². The Morgan fingerprint density at radius 2 is 1.91 bits per heavy atom. The average molecular weight is 159 g/mol. The second-order valence-corrected chi connectivity index (χ2v) is 2.60. The minimum atomic E-state index is -1.10. The molecule has 2 unspecified atom stereocenters. The number of aliphatic hydroxyl groups excluding tert-OH is 1. The predicted molar refractivity (Wildman–Crippen MR) is 41.9 cm³/mol. The number of carboxylic acids is 1. The maximum absolute atomic E-state index is 10.4. The summed E-state index contributed by atoms with van der Waals surface area (Å²) >= 11 is 0. The van der Waals surface area contributed by atoms with Gasteiger partial charge < -0.3 is 10.2 Å². The van der Waals surface area contributed by atoms with Gasteiger partial charge in [0.2, 0.25) is 0 Å². The molecule has 0 aromatic heterocycles. The standard InChI is InChI=1S/C7H13NO3/c1-4(2)8-6(5(3)9)7(10)11/h5-6,9H,1-3H3,(H,10,11). The van der Waals surface area contributed by atoms with Crippen LogP contribution in [0.4, 0.5) is 0 Å². The van der Waals surface area contributed by atoms with E-state index < -0.39 is 18.1 Å². The van der Waals surface area contributed by atoms with E-state index in [0.717, 1.165) is 0 Å². The fourth-order valence-electron chi connectivity index (χ4n) is 0.648. The zero-order chi connectivity index (χ0) is 9.02. The highest BCUT2D eigenvalue weighted by Crippen LogP contribution is 1.99. The van der Waals surface area contributed by atoms with Crippen molar-refractivity contribution < 1.29 is 15.0 Å². The number of aliphatic imine (C=N–C) groups is 1. The van der Waals surface area contributed by atoms with Crippen LogP contribution in [0.5, 0.6) is 0 Å². The van der Waals surface area contributed by atoms with Gasteiger partial charge in [0.05, 0.1) is 6.10 Å². The molecule has 0 saturated carbocycles.